The molecule has 0 atom stereocenters. The molecule has 0 saturated carbocycles. The van der Waals surface area contributed by atoms with Crippen LogP contribution in [0.25, 0.3) is 22.5 Å². The van der Waals surface area contributed by atoms with Crippen molar-refractivity contribution >= 4 is 11.6 Å². The monoisotopic (exact) mass is 414 g/mol. The molecule has 0 aliphatic heterocycles. The number of rotatable bonds is 7. The minimum atomic E-state index is -0.774. The van der Waals surface area contributed by atoms with Crippen LogP contribution in [-0.2, 0) is 0 Å². The molecule has 1 aromatic heterocycles. The molecule has 0 spiro atoms. The number of nitro groups is 1. The highest BCUT2D eigenvalue weighted by molar-refractivity contribution is 6.02. The maximum absolute atomic E-state index is 13.7. The molecule has 1 heterocycles. The predicted octanol–water partition coefficient (Wildman–Crippen LogP) is 3.83. The zero-order valence-electron chi connectivity index (χ0n) is 16.4. The van der Waals surface area contributed by atoms with E-state index in [1.165, 1.54) is 24.3 Å². The van der Waals surface area contributed by atoms with Crippen molar-refractivity contribution in [3.05, 3.63) is 75.8 Å². The third-order valence-corrected chi connectivity index (χ3v) is 4.45. The van der Waals surface area contributed by atoms with Gasteiger partial charge >= 0.3 is 0 Å². The fourth-order valence-corrected chi connectivity index (χ4v) is 3.04. The summed E-state index contributed by atoms with van der Waals surface area (Å²) in [5, 5.41) is 14.2. The first-order chi connectivity index (χ1) is 14.3. The molecular formula is C21H20F2N4O3. The number of nitro benzene ring substituents is 1. The SMILES string of the molecule is CN(C)CCNC(=O)c1cc(-c2cc(F)cc(F)c2)[nH]c1-c1ccccc1[N+](=O)[O-]. The van der Waals surface area contributed by atoms with Crippen molar-refractivity contribution in [1.29, 1.82) is 0 Å². The molecule has 0 bridgehead atoms. The number of halogens is 2. The molecule has 0 aliphatic rings. The van der Waals surface area contributed by atoms with Gasteiger partial charge < -0.3 is 15.2 Å². The summed E-state index contributed by atoms with van der Waals surface area (Å²) in [4.78, 5) is 28.6. The molecule has 1 amide bonds. The first kappa shape index (κ1) is 21.1. The molecule has 2 N–H and O–H groups in total. The third-order valence-electron chi connectivity index (χ3n) is 4.45. The van der Waals surface area contributed by atoms with Crippen LogP contribution in [0.4, 0.5) is 14.5 Å². The number of H-pyrrole nitrogens is 1. The number of likely N-dealkylation sites (N-methyl/N-ethyl adjacent to an activating group) is 1. The quantitative estimate of drug-likeness (QED) is 0.454. The zero-order valence-corrected chi connectivity index (χ0v) is 16.4. The number of carbonyl (C=O) groups excluding carboxylic acids is 1. The topological polar surface area (TPSA) is 91.3 Å². The number of hydrogen-bond acceptors (Lipinski definition) is 4. The van der Waals surface area contributed by atoms with Crippen LogP contribution >= 0.6 is 0 Å². The highest BCUT2D eigenvalue weighted by atomic mass is 19.1. The van der Waals surface area contributed by atoms with Crippen molar-refractivity contribution in [1.82, 2.24) is 15.2 Å². The number of nitrogens with zero attached hydrogens (tertiary/aromatic N) is 2. The Kier molecular flexibility index (Phi) is 6.22. The Morgan fingerprint density at radius 1 is 1.13 bits per heavy atom. The van der Waals surface area contributed by atoms with Gasteiger partial charge in [-0.15, -0.1) is 0 Å². The number of para-hydroxylation sites is 1. The molecule has 3 rings (SSSR count). The third kappa shape index (κ3) is 4.69. The van der Waals surface area contributed by atoms with Crippen LogP contribution in [0.1, 0.15) is 10.4 Å². The molecular weight excluding hydrogens is 394 g/mol. The van der Waals surface area contributed by atoms with Crippen LogP contribution in [0, 0.1) is 21.7 Å². The van der Waals surface area contributed by atoms with Crippen molar-refractivity contribution in [2.75, 3.05) is 27.2 Å². The second-order valence-corrected chi connectivity index (χ2v) is 6.96. The number of aromatic amines is 1. The summed E-state index contributed by atoms with van der Waals surface area (Å²) in [6.07, 6.45) is 0. The molecule has 7 nitrogen and oxygen atoms in total. The maximum atomic E-state index is 13.7. The molecule has 0 saturated heterocycles. The van der Waals surface area contributed by atoms with Crippen molar-refractivity contribution in [2.24, 2.45) is 0 Å². The molecule has 0 aliphatic carbocycles. The molecule has 0 radical (unpaired) electrons. The molecule has 30 heavy (non-hydrogen) atoms. The summed E-state index contributed by atoms with van der Waals surface area (Å²) in [7, 11) is 3.72. The molecule has 2 aromatic carbocycles. The zero-order chi connectivity index (χ0) is 21.8. The van der Waals surface area contributed by atoms with Crippen LogP contribution in [0.5, 0.6) is 0 Å². The van der Waals surface area contributed by atoms with Crippen molar-refractivity contribution in [3.63, 3.8) is 0 Å². The summed E-state index contributed by atoms with van der Waals surface area (Å²) in [5.74, 6) is -2.00. The summed E-state index contributed by atoms with van der Waals surface area (Å²) in [5.41, 5.74) is 0.785. The number of carbonyl (C=O) groups is 1. The highest BCUT2D eigenvalue weighted by Gasteiger charge is 2.23. The standard InChI is InChI=1S/C21H20F2N4O3/c1-26(2)8-7-24-21(28)17-12-18(13-9-14(22)11-15(23)10-13)25-20(17)16-5-3-4-6-19(16)27(29)30/h3-6,9-12,25H,7-8H2,1-2H3,(H,24,28). The van der Waals surface area contributed by atoms with E-state index < -0.39 is 22.5 Å². The average molecular weight is 414 g/mol. The lowest BCUT2D eigenvalue weighted by Crippen LogP contribution is -2.31. The van der Waals surface area contributed by atoms with Gasteiger partial charge in [-0.3, -0.25) is 14.9 Å². The minimum Gasteiger partial charge on any atom is -0.354 e. The van der Waals surface area contributed by atoms with Gasteiger partial charge in [0.05, 0.1) is 21.7 Å². The van der Waals surface area contributed by atoms with Crippen LogP contribution < -0.4 is 5.32 Å². The van der Waals surface area contributed by atoms with E-state index in [1.807, 2.05) is 19.0 Å². The van der Waals surface area contributed by atoms with Crippen LogP contribution in [0.15, 0.2) is 48.5 Å². The van der Waals surface area contributed by atoms with E-state index in [1.54, 1.807) is 6.07 Å². The van der Waals surface area contributed by atoms with Gasteiger partial charge in [-0.2, -0.15) is 0 Å². The fourth-order valence-electron chi connectivity index (χ4n) is 3.04. The lowest BCUT2D eigenvalue weighted by molar-refractivity contribution is -0.384. The van der Waals surface area contributed by atoms with Gasteiger partial charge in [-0.1, -0.05) is 12.1 Å². The van der Waals surface area contributed by atoms with Gasteiger partial charge in [0.2, 0.25) is 0 Å². The largest absolute Gasteiger partial charge is 0.354 e. The van der Waals surface area contributed by atoms with E-state index in [0.29, 0.717) is 13.1 Å². The van der Waals surface area contributed by atoms with Crippen LogP contribution in [0.2, 0.25) is 0 Å². The molecule has 9 heteroatoms. The Hall–Kier alpha value is -3.59. The Morgan fingerprint density at radius 3 is 2.43 bits per heavy atom. The summed E-state index contributed by atoms with van der Waals surface area (Å²) in [6.45, 7) is 0.955. The van der Waals surface area contributed by atoms with E-state index in [4.69, 9.17) is 0 Å². The van der Waals surface area contributed by atoms with Crippen molar-refractivity contribution < 1.29 is 18.5 Å². The van der Waals surface area contributed by atoms with E-state index in [0.717, 1.165) is 18.2 Å². The predicted molar refractivity (Wildman–Crippen MR) is 109 cm³/mol. The van der Waals surface area contributed by atoms with Gasteiger partial charge in [-0.05, 0) is 38.4 Å². The first-order valence-corrected chi connectivity index (χ1v) is 9.12. The number of benzene rings is 2. The van der Waals surface area contributed by atoms with Crippen LogP contribution in [-0.4, -0.2) is 47.9 Å². The van der Waals surface area contributed by atoms with E-state index >= 15 is 0 Å². The Balaban J connectivity index is 2.11. The Labute approximate surface area is 171 Å². The van der Waals surface area contributed by atoms with Crippen LogP contribution in [0.3, 0.4) is 0 Å². The van der Waals surface area contributed by atoms with E-state index in [9.17, 15) is 23.7 Å². The summed E-state index contributed by atoms with van der Waals surface area (Å²) >= 11 is 0. The number of aromatic nitrogens is 1. The second kappa shape index (κ2) is 8.83. The lowest BCUT2D eigenvalue weighted by Gasteiger charge is -2.10. The van der Waals surface area contributed by atoms with E-state index in [2.05, 4.69) is 10.3 Å². The Morgan fingerprint density at radius 2 is 1.80 bits per heavy atom. The van der Waals surface area contributed by atoms with Gasteiger partial charge in [-0.25, -0.2) is 8.78 Å². The second-order valence-electron chi connectivity index (χ2n) is 6.96. The minimum absolute atomic E-state index is 0.141. The van der Waals surface area contributed by atoms with Gasteiger partial charge in [0.15, 0.2) is 0 Å². The smallest absolute Gasteiger partial charge is 0.278 e. The van der Waals surface area contributed by atoms with Gasteiger partial charge in [0.25, 0.3) is 11.6 Å². The van der Waals surface area contributed by atoms with Gasteiger partial charge in [0.1, 0.15) is 11.6 Å². The highest BCUT2D eigenvalue weighted by Crippen LogP contribution is 2.34. The first-order valence-electron chi connectivity index (χ1n) is 9.12. The summed E-state index contributed by atoms with van der Waals surface area (Å²) in [6, 6.07) is 10.4. The molecule has 156 valence electrons. The average Bonchev–Trinajstić information content (AvgIpc) is 3.12. The number of nitrogens with one attached hydrogen (secondary N) is 2. The van der Waals surface area contributed by atoms with Crippen molar-refractivity contribution in [2.45, 2.75) is 0 Å². The van der Waals surface area contributed by atoms with Gasteiger partial charge in [0, 0.05) is 36.5 Å². The van der Waals surface area contributed by atoms with Crippen molar-refractivity contribution in [3.8, 4) is 22.5 Å². The molecule has 3 aromatic rings. The molecule has 0 unspecified atom stereocenters. The fraction of sp³-hybridized carbons (Fsp3) is 0.190. The lowest BCUT2D eigenvalue weighted by atomic mass is 10.1. The Bertz CT molecular complexity index is 1080. The molecule has 0 fully saturated rings. The number of amides is 1. The number of hydrogen-bond donors (Lipinski definition) is 2. The van der Waals surface area contributed by atoms with E-state index in [-0.39, 0.29) is 33.8 Å². The maximum Gasteiger partial charge on any atom is 0.278 e. The normalized spacial score (nSPS) is 11.0. The summed E-state index contributed by atoms with van der Waals surface area (Å²) < 4.78 is 27.4.